The number of ether oxygens (including phenoxy) is 1. The van der Waals surface area contributed by atoms with E-state index in [1.165, 1.54) is 6.20 Å². The van der Waals surface area contributed by atoms with Gasteiger partial charge in [-0.3, -0.25) is 4.79 Å². The fourth-order valence-electron chi connectivity index (χ4n) is 1.08. The average Bonchev–Trinajstić information content (AvgIpc) is 2.43. The van der Waals surface area contributed by atoms with Crippen LogP contribution in [0.15, 0.2) is 10.7 Å². The van der Waals surface area contributed by atoms with Crippen LogP contribution >= 0.6 is 0 Å². The predicted molar refractivity (Wildman–Crippen MR) is 43.3 cm³/mol. The molecule has 1 amide bonds. The van der Waals surface area contributed by atoms with Crippen LogP contribution in [0.1, 0.15) is 16.1 Å². The molecule has 0 aromatic carbocycles. The van der Waals surface area contributed by atoms with Gasteiger partial charge in [-0.1, -0.05) is 5.16 Å². The van der Waals surface area contributed by atoms with Gasteiger partial charge in [-0.05, 0) is 6.92 Å². The SMILES string of the molecule is Cc1cnoc1C(=O)NC1COC1. The quantitative estimate of drug-likeness (QED) is 0.705. The number of aryl methyl sites for hydroxylation is 1. The second-order valence-corrected chi connectivity index (χ2v) is 3.05. The lowest BCUT2D eigenvalue weighted by Gasteiger charge is -2.26. The number of amides is 1. The third-order valence-electron chi connectivity index (χ3n) is 1.93. The molecule has 1 saturated heterocycles. The first-order chi connectivity index (χ1) is 6.27. The van der Waals surface area contributed by atoms with Gasteiger partial charge >= 0.3 is 0 Å². The van der Waals surface area contributed by atoms with Gasteiger partial charge in [0.15, 0.2) is 0 Å². The van der Waals surface area contributed by atoms with Crippen LogP contribution in [0.4, 0.5) is 0 Å². The number of aromatic nitrogens is 1. The van der Waals surface area contributed by atoms with Gasteiger partial charge in [0.05, 0.1) is 25.5 Å². The summed E-state index contributed by atoms with van der Waals surface area (Å²) in [6, 6.07) is 0.122. The zero-order valence-corrected chi connectivity index (χ0v) is 7.24. The molecule has 5 heteroatoms. The first kappa shape index (κ1) is 8.25. The van der Waals surface area contributed by atoms with Gasteiger partial charge in [-0.25, -0.2) is 0 Å². The first-order valence-electron chi connectivity index (χ1n) is 4.07. The van der Waals surface area contributed by atoms with Crippen molar-refractivity contribution >= 4 is 5.91 Å². The number of nitrogens with one attached hydrogen (secondary N) is 1. The molecule has 0 aliphatic carbocycles. The van der Waals surface area contributed by atoms with Gasteiger partial charge in [0.25, 0.3) is 5.91 Å². The largest absolute Gasteiger partial charge is 0.377 e. The normalized spacial score (nSPS) is 16.7. The van der Waals surface area contributed by atoms with Crippen molar-refractivity contribution in [3.63, 3.8) is 0 Å². The van der Waals surface area contributed by atoms with E-state index in [2.05, 4.69) is 10.5 Å². The number of hydrogen-bond donors (Lipinski definition) is 1. The fourth-order valence-corrected chi connectivity index (χ4v) is 1.08. The molecule has 1 aliphatic rings. The highest BCUT2D eigenvalue weighted by Gasteiger charge is 2.23. The van der Waals surface area contributed by atoms with E-state index in [4.69, 9.17) is 9.26 Å². The Labute approximate surface area is 75.0 Å². The van der Waals surface area contributed by atoms with E-state index in [-0.39, 0.29) is 17.7 Å². The van der Waals surface area contributed by atoms with Crippen LogP contribution in [0.3, 0.4) is 0 Å². The molecule has 5 nitrogen and oxygen atoms in total. The molecule has 0 radical (unpaired) electrons. The van der Waals surface area contributed by atoms with Crippen molar-refractivity contribution in [2.75, 3.05) is 13.2 Å². The topological polar surface area (TPSA) is 64.4 Å². The minimum atomic E-state index is -0.219. The summed E-state index contributed by atoms with van der Waals surface area (Å²) < 4.78 is 9.72. The van der Waals surface area contributed by atoms with Gasteiger partial charge in [0.2, 0.25) is 5.76 Å². The second kappa shape index (κ2) is 3.18. The molecule has 1 aromatic rings. The first-order valence-corrected chi connectivity index (χ1v) is 4.07. The second-order valence-electron chi connectivity index (χ2n) is 3.05. The van der Waals surface area contributed by atoms with Crippen LogP contribution in [0.2, 0.25) is 0 Å². The predicted octanol–water partition coefficient (Wildman–Crippen LogP) is 0.112. The van der Waals surface area contributed by atoms with Crippen LogP contribution in [0.25, 0.3) is 0 Å². The zero-order chi connectivity index (χ0) is 9.26. The summed E-state index contributed by atoms with van der Waals surface area (Å²) >= 11 is 0. The molecule has 0 bridgehead atoms. The molecule has 13 heavy (non-hydrogen) atoms. The van der Waals surface area contributed by atoms with E-state index < -0.39 is 0 Å². The van der Waals surface area contributed by atoms with E-state index in [9.17, 15) is 4.79 Å². The summed E-state index contributed by atoms with van der Waals surface area (Å²) in [7, 11) is 0. The standard InChI is InChI=1S/C8H10N2O3/c1-5-2-9-13-7(5)8(11)10-6-3-12-4-6/h2,6H,3-4H2,1H3,(H,10,11). The molecule has 2 rings (SSSR count). The third kappa shape index (κ3) is 1.55. The third-order valence-corrected chi connectivity index (χ3v) is 1.93. The van der Waals surface area contributed by atoms with Crippen molar-refractivity contribution in [3.05, 3.63) is 17.5 Å². The van der Waals surface area contributed by atoms with Crippen LogP contribution in [0.5, 0.6) is 0 Å². The number of carbonyl (C=O) groups excluding carboxylic acids is 1. The molecular weight excluding hydrogens is 172 g/mol. The smallest absolute Gasteiger partial charge is 0.290 e. The number of nitrogens with zero attached hydrogens (tertiary/aromatic N) is 1. The highest BCUT2D eigenvalue weighted by molar-refractivity contribution is 5.92. The van der Waals surface area contributed by atoms with Crippen molar-refractivity contribution in [1.82, 2.24) is 10.5 Å². The highest BCUT2D eigenvalue weighted by Crippen LogP contribution is 2.07. The van der Waals surface area contributed by atoms with E-state index in [1.54, 1.807) is 6.92 Å². The van der Waals surface area contributed by atoms with E-state index >= 15 is 0 Å². The Morgan fingerprint density at radius 1 is 1.69 bits per heavy atom. The highest BCUT2D eigenvalue weighted by atomic mass is 16.5. The van der Waals surface area contributed by atoms with Crippen LogP contribution < -0.4 is 5.32 Å². The van der Waals surface area contributed by atoms with E-state index in [0.29, 0.717) is 13.2 Å². The van der Waals surface area contributed by atoms with Gasteiger partial charge in [0.1, 0.15) is 0 Å². The van der Waals surface area contributed by atoms with Crippen molar-refractivity contribution in [1.29, 1.82) is 0 Å². The summed E-state index contributed by atoms with van der Waals surface area (Å²) in [6.07, 6.45) is 1.52. The van der Waals surface area contributed by atoms with E-state index in [0.717, 1.165) is 5.56 Å². The minimum absolute atomic E-state index is 0.122. The Morgan fingerprint density at radius 2 is 2.46 bits per heavy atom. The average molecular weight is 182 g/mol. The maximum atomic E-state index is 11.4. The van der Waals surface area contributed by atoms with Crippen molar-refractivity contribution < 1.29 is 14.1 Å². The van der Waals surface area contributed by atoms with Crippen molar-refractivity contribution in [2.24, 2.45) is 0 Å². The summed E-state index contributed by atoms with van der Waals surface area (Å²) in [5.41, 5.74) is 0.748. The Balaban J connectivity index is 2.00. The van der Waals surface area contributed by atoms with Gasteiger partial charge in [-0.15, -0.1) is 0 Å². The minimum Gasteiger partial charge on any atom is -0.377 e. The van der Waals surface area contributed by atoms with Crippen LogP contribution in [-0.4, -0.2) is 30.3 Å². The summed E-state index contributed by atoms with van der Waals surface area (Å²) in [5, 5.41) is 6.29. The van der Waals surface area contributed by atoms with Gasteiger partial charge < -0.3 is 14.6 Å². The van der Waals surface area contributed by atoms with Gasteiger partial charge in [0, 0.05) is 5.56 Å². The maximum absolute atomic E-state index is 11.4. The monoisotopic (exact) mass is 182 g/mol. The molecule has 0 atom stereocenters. The molecule has 0 unspecified atom stereocenters. The molecule has 0 saturated carbocycles. The molecular formula is C8H10N2O3. The number of hydrogen-bond acceptors (Lipinski definition) is 4. The lowest BCUT2D eigenvalue weighted by Crippen LogP contribution is -2.48. The number of rotatable bonds is 2. The molecule has 1 aliphatic heterocycles. The Kier molecular flexibility index (Phi) is 2.02. The molecule has 1 N–H and O–H groups in total. The summed E-state index contributed by atoms with van der Waals surface area (Å²) in [5.74, 6) is 0.0650. The lowest BCUT2D eigenvalue weighted by molar-refractivity contribution is -0.00402. The Hall–Kier alpha value is -1.36. The molecule has 0 spiro atoms. The maximum Gasteiger partial charge on any atom is 0.290 e. The van der Waals surface area contributed by atoms with Crippen molar-refractivity contribution in [2.45, 2.75) is 13.0 Å². The number of carbonyl (C=O) groups is 1. The Bertz CT molecular complexity index is 317. The van der Waals surface area contributed by atoms with Crippen LogP contribution in [0, 0.1) is 6.92 Å². The van der Waals surface area contributed by atoms with E-state index in [1.807, 2.05) is 0 Å². The van der Waals surface area contributed by atoms with Crippen molar-refractivity contribution in [3.8, 4) is 0 Å². The Morgan fingerprint density at radius 3 is 2.92 bits per heavy atom. The van der Waals surface area contributed by atoms with Crippen LogP contribution in [-0.2, 0) is 4.74 Å². The molecule has 1 aromatic heterocycles. The zero-order valence-electron chi connectivity index (χ0n) is 7.24. The summed E-state index contributed by atoms with van der Waals surface area (Å²) in [4.78, 5) is 11.4. The summed E-state index contributed by atoms with van der Waals surface area (Å²) in [6.45, 7) is 2.94. The lowest BCUT2D eigenvalue weighted by atomic mass is 10.2. The molecule has 1 fully saturated rings. The fraction of sp³-hybridized carbons (Fsp3) is 0.500. The van der Waals surface area contributed by atoms with Gasteiger partial charge in [-0.2, -0.15) is 0 Å². The molecule has 2 heterocycles. The molecule has 70 valence electrons.